The minimum absolute atomic E-state index is 0.704. The zero-order chi connectivity index (χ0) is 4.99. The van der Waals surface area contributed by atoms with Gasteiger partial charge in [-0.25, -0.2) is 0 Å². The van der Waals surface area contributed by atoms with Crippen LogP contribution in [0.2, 0.25) is 0 Å². The molecule has 0 nitrogen and oxygen atoms in total. The Morgan fingerprint density at radius 2 is 2.33 bits per heavy atom. The summed E-state index contributed by atoms with van der Waals surface area (Å²) in [4.78, 5) is 0. The lowest BCUT2D eigenvalue weighted by molar-refractivity contribution is 2.17. The molecule has 0 fully saturated rings. The van der Waals surface area contributed by atoms with Gasteiger partial charge in [0.05, 0.1) is 4.20 Å². The van der Waals surface area contributed by atoms with Crippen molar-refractivity contribution in [1.82, 2.24) is 0 Å². The van der Waals surface area contributed by atoms with Crippen LogP contribution in [0.3, 0.4) is 0 Å². The molecule has 0 amide bonds. The zero-order valence-corrected chi connectivity index (χ0v) is 6.34. The van der Waals surface area contributed by atoms with Gasteiger partial charge >= 0.3 is 0 Å². The van der Waals surface area contributed by atoms with Gasteiger partial charge < -0.3 is 0 Å². The molecule has 0 aromatic rings. The van der Waals surface area contributed by atoms with Crippen molar-refractivity contribution in [3.63, 3.8) is 0 Å². The number of thiocarbonyl (C=S) groups is 1. The maximum absolute atomic E-state index is 4.59. The molecule has 4 heteroatoms. The van der Waals surface area contributed by atoms with Crippen LogP contribution in [0.5, 0.6) is 0 Å². The second kappa shape index (κ2) is 4.30. The lowest BCUT2D eigenvalue weighted by Crippen LogP contribution is -1.80. The lowest BCUT2D eigenvalue weighted by Gasteiger charge is -1.82. The van der Waals surface area contributed by atoms with Crippen molar-refractivity contribution >= 4 is 51.5 Å². The van der Waals surface area contributed by atoms with E-state index in [1.807, 2.05) is 0 Å². The van der Waals surface area contributed by atoms with Crippen molar-refractivity contribution in [3.8, 4) is 0 Å². The van der Waals surface area contributed by atoms with E-state index in [0.29, 0.717) is 4.20 Å². The van der Waals surface area contributed by atoms with Crippen LogP contribution in [0.1, 0.15) is 0 Å². The highest BCUT2D eigenvalue weighted by molar-refractivity contribution is 8.69. The lowest BCUT2D eigenvalue weighted by atomic mass is 11.0. The third-order valence-corrected chi connectivity index (χ3v) is 1.69. The van der Waals surface area contributed by atoms with E-state index in [2.05, 4.69) is 36.5 Å². The molecule has 0 bridgehead atoms. The van der Waals surface area contributed by atoms with Gasteiger partial charge in [-0.05, 0) is 0 Å². The van der Waals surface area contributed by atoms with E-state index in [9.17, 15) is 0 Å². The first kappa shape index (κ1) is 7.14. The van der Waals surface area contributed by atoms with E-state index in [-0.39, 0.29) is 0 Å². The smallest absolute Gasteiger partial charge is 0.0555 e. The number of hydrogen-bond donors (Lipinski definition) is 2. The molecule has 0 aliphatic carbocycles. The molecule has 0 rings (SSSR count). The molecule has 0 aromatic heterocycles. The maximum atomic E-state index is 4.59. The molecular formula is C2H4S4. The van der Waals surface area contributed by atoms with Crippen LogP contribution in [0.15, 0.2) is 0 Å². The largest absolute Gasteiger partial charge is 0.135 e. The molecule has 0 unspecified atom stereocenters. The van der Waals surface area contributed by atoms with Crippen molar-refractivity contribution in [3.05, 3.63) is 0 Å². The molecule has 0 saturated heterocycles. The van der Waals surface area contributed by atoms with Gasteiger partial charge in [-0.1, -0.05) is 23.0 Å². The molecule has 0 heterocycles. The topological polar surface area (TPSA) is 0 Å². The molecule has 0 aliphatic heterocycles. The molecule has 0 spiro atoms. The van der Waals surface area contributed by atoms with Gasteiger partial charge in [0, 0.05) is 5.75 Å². The van der Waals surface area contributed by atoms with Crippen LogP contribution in [0.4, 0.5) is 0 Å². The van der Waals surface area contributed by atoms with E-state index in [0.717, 1.165) is 5.75 Å². The Labute approximate surface area is 57.3 Å². The van der Waals surface area contributed by atoms with Crippen LogP contribution < -0.4 is 0 Å². The normalized spacial score (nSPS) is 8.33. The molecule has 0 radical (unpaired) electrons. The van der Waals surface area contributed by atoms with Gasteiger partial charge in [-0.15, -0.1) is 24.3 Å². The first-order valence-corrected chi connectivity index (χ1v) is 4.15. The summed E-state index contributed by atoms with van der Waals surface area (Å²) in [5.74, 6) is 0.752. The van der Waals surface area contributed by atoms with Gasteiger partial charge in [-0.2, -0.15) is 0 Å². The Kier molecular flexibility index (Phi) is 5.12. The fourth-order valence-electron chi connectivity index (χ4n) is 0.0552. The summed E-state index contributed by atoms with van der Waals surface area (Å²) in [5.41, 5.74) is 0. The fraction of sp³-hybridized carbons (Fsp3) is 0.500. The summed E-state index contributed by atoms with van der Waals surface area (Å²) in [5, 5.41) is 0. The van der Waals surface area contributed by atoms with E-state index >= 15 is 0 Å². The maximum Gasteiger partial charge on any atom is 0.0555 e. The van der Waals surface area contributed by atoms with E-state index in [4.69, 9.17) is 0 Å². The highest BCUT2D eigenvalue weighted by Gasteiger charge is 1.81. The standard InChI is InChI=1S/C2H4S4/c3-2(4)1-6-5/h5H,1H2,(H,3,4). The predicted molar refractivity (Wildman–Crippen MR) is 43.0 cm³/mol. The highest BCUT2D eigenvalue weighted by Crippen LogP contribution is 2.05. The summed E-state index contributed by atoms with van der Waals surface area (Å²) < 4.78 is 0.704. The van der Waals surface area contributed by atoms with Crippen LogP contribution in [-0.2, 0) is 0 Å². The van der Waals surface area contributed by atoms with E-state index < -0.39 is 0 Å². The third kappa shape index (κ3) is 5.14. The second-order valence-corrected chi connectivity index (χ2v) is 3.32. The zero-order valence-electron chi connectivity index (χ0n) is 2.92. The molecule has 0 aliphatic rings. The van der Waals surface area contributed by atoms with Crippen molar-refractivity contribution in [1.29, 1.82) is 0 Å². The Hall–Kier alpha value is 1.14. The second-order valence-electron chi connectivity index (χ2n) is 0.667. The average Bonchev–Trinajstić information content (AvgIpc) is 1.35. The summed E-state index contributed by atoms with van der Waals surface area (Å²) >= 11 is 12.3. The number of thiol groups is 2. The van der Waals surface area contributed by atoms with Crippen molar-refractivity contribution < 1.29 is 0 Å². The SMILES string of the molecule is S=C(S)CSS. The van der Waals surface area contributed by atoms with Crippen LogP contribution in [0.25, 0.3) is 0 Å². The van der Waals surface area contributed by atoms with Gasteiger partial charge in [0.25, 0.3) is 0 Å². The van der Waals surface area contributed by atoms with Gasteiger partial charge in [-0.3, -0.25) is 0 Å². The number of hydrogen-bond acceptors (Lipinski definition) is 3. The Balaban J connectivity index is 2.83. The minimum atomic E-state index is 0.704. The summed E-state index contributed by atoms with van der Waals surface area (Å²) in [7, 11) is 1.39. The van der Waals surface area contributed by atoms with E-state index in [1.54, 1.807) is 0 Å². The summed E-state index contributed by atoms with van der Waals surface area (Å²) in [6.45, 7) is 0. The third-order valence-electron chi connectivity index (χ3n) is 0.188. The fourth-order valence-corrected chi connectivity index (χ4v) is 1.49. The van der Waals surface area contributed by atoms with Crippen LogP contribution >= 0.6 is 47.3 Å². The van der Waals surface area contributed by atoms with Crippen LogP contribution in [0, 0.1) is 0 Å². The van der Waals surface area contributed by atoms with Crippen LogP contribution in [-0.4, -0.2) is 9.95 Å². The predicted octanol–water partition coefficient (Wildman–Crippen LogP) is 1.82. The van der Waals surface area contributed by atoms with Gasteiger partial charge in [0.15, 0.2) is 0 Å². The van der Waals surface area contributed by atoms with Crippen molar-refractivity contribution in [2.45, 2.75) is 0 Å². The molecule has 0 saturated carbocycles. The van der Waals surface area contributed by atoms with Gasteiger partial charge in [0.2, 0.25) is 0 Å². The van der Waals surface area contributed by atoms with Gasteiger partial charge in [0.1, 0.15) is 0 Å². The average molecular weight is 156 g/mol. The number of rotatable bonds is 2. The first-order valence-electron chi connectivity index (χ1n) is 1.25. The molecule has 0 N–H and O–H groups in total. The highest BCUT2D eigenvalue weighted by atomic mass is 33.1. The molecule has 0 atom stereocenters. The van der Waals surface area contributed by atoms with E-state index in [1.165, 1.54) is 10.8 Å². The first-order chi connectivity index (χ1) is 2.77. The summed E-state index contributed by atoms with van der Waals surface area (Å²) in [6, 6.07) is 0. The Morgan fingerprint density at radius 1 is 1.83 bits per heavy atom. The Bertz CT molecular complexity index is 49.5. The molecular weight excluding hydrogens is 152 g/mol. The van der Waals surface area contributed by atoms with Crippen molar-refractivity contribution in [2.75, 3.05) is 5.75 Å². The monoisotopic (exact) mass is 156 g/mol. The molecule has 36 valence electrons. The summed E-state index contributed by atoms with van der Waals surface area (Å²) in [6.07, 6.45) is 0. The molecule has 0 aromatic carbocycles. The molecule has 6 heavy (non-hydrogen) atoms. The Morgan fingerprint density at radius 3 is 2.33 bits per heavy atom. The minimum Gasteiger partial charge on any atom is -0.135 e. The van der Waals surface area contributed by atoms with Crippen molar-refractivity contribution in [2.24, 2.45) is 0 Å². The quantitative estimate of drug-likeness (QED) is 0.355.